The molecule has 0 aromatic rings. The fourth-order valence-electron chi connectivity index (χ4n) is 0.555. The Morgan fingerprint density at radius 1 is 1.86 bits per heavy atom. The molecule has 1 rings (SSSR count). The van der Waals surface area contributed by atoms with Crippen LogP contribution in [0.15, 0.2) is 0 Å². The standard InChI is InChI=1S/C4H7N2O/c5-3-1-2-6-4(3)7/h3H,1-2,5H2. The SMILES string of the molecule is NC1CC[N]C1=O. The molecule has 2 N–H and O–H groups in total. The summed E-state index contributed by atoms with van der Waals surface area (Å²) in [4.78, 5) is 10.3. The molecular formula is C4H7N2O. The van der Waals surface area contributed by atoms with Crippen LogP contribution < -0.4 is 11.1 Å². The monoisotopic (exact) mass is 99.1 g/mol. The van der Waals surface area contributed by atoms with E-state index in [2.05, 4.69) is 5.32 Å². The Hall–Kier alpha value is -0.570. The molecule has 1 heterocycles. The minimum absolute atomic E-state index is 0.139. The summed E-state index contributed by atoms with van der Waals surface area (Å²) in [7, 11) is 0. The normalized spacial score (nSPS) is 30.4. The van der Waals surface area contributed by atoms with Crippen LogP contribution in [0.1, 0.15) is 6.42 Å². The first-order valence-electron chi connectivity index (χ1n) is 2.27. The lowest BCUT2D eigenvalue weighted by atomic mass is 10.3. The summed E-state index contributed by atoms with van der Waals surface area (Å²) in [6.45, 7) is 0.625. The third-order valence-electron chi connectivity index (χ3n) is 1.02. The van der Waals surface area contributed by atoms with Gasteiger partial charge in [-0.25, -0.2) is 0 Å². The van der Waals surface area contributed by atoms with E-state index in [4.69, 9.17) is 5.73 Å². The molecule has 39 valence electrons. The topological polar surface area (TPSA) is 57.2 Å². The average Bonchev–Trinajstić information content (AvgIpc) is 1.91. The van der Waals surface area contributed by atoms with E-state index in [9.17, 15) is 4.79 Å². The van der Waals surface area contributed by atoms with Gasteiger partial charge in [0.1, 0.15) is 0 Å². The molecule has 1 aliphatic heterocycles. The highest BCUT2D eigenvalue weighted by Crippen LogP contribution is 1.95. The van der Waals surface area contributed by atoms with Gasteiger partial charge in [-0.1, -0.05) is 0 Å². The smallest absolute Gasteiger partial charge is 0.258 e. The molecule has 1 radical (unpaired) electrons. The summed E-state index contributed by atoms with van der Waals surface area (Å²) in [6.07, 6.45) is 0.735. The van der Waals surface area contributed by atoms with Crippen LogP contribution in [0.25, 0.3) is 0 Å². The van der Waals surface area contributed by atoms with Crippen molar-refractivity contribution in [2.75, 3.05) is 6.54 Å². The second-order valence-corrected chi connectivity index (χ2v) is 1.62. The van der Waals surface area contributed by atoms with Gasteiger partial charge in [-0.2, -0.15) is 0 Å². The summed E-state index contributed by atoms with van der Waals surface area (Å²) >= 11 is 0. The largest absolute Gasteiger partial charge is 0.320 e. The van der Waals surface area contributed by atoms with E-state index in [-0.39, 0.29) is 11.9 Å². The van der Waals surface area contributed by atoms with Crippen LogP contribution in [-0.4, -0.2) is 18.5 Å². The Balaban J connectivity index is 2.48. The van der Waals surface area contributed by atoms with Crippen LogP contribution in [-0.2, 0) is 4.79 Å². The van der Waals surface area contributed by atoms with Gasteiger partial charge in [0.2, 0.25) is 0 Å². The zero-order valence-corrected chi connectivity index (χ0v) is 3.92. The number of carbonyl (C=O) groups is 1. The minimum Gasteiger partial charge on any atom is -0.320 e. The second-order valence-electron chi connectivity index (χ2n) is 1.62. The molecule has 7 heavy (non-hydrogen) atoms. The van der Waals surface area contributed by atoms with Crippen molar-refractivity contribution < 1.29 is 4.79 Å². The van der Waals surface area contributed by atoms with Crippen LogP contribution in [0.4, 0.5) is 0 Å². The summed E-state index contributed by atoms with van der Waals surface area (Å²) < 4.78 is 0. The predicted molar refractivity (Wildman–Crippen MR) is 24.6 cm³/mol. The van der Waals surface area contributed by atoms with E-state index in [0.29, 0.717) is 6.54 Å². The van der Waals surface area contributed by atoms with Crippen molar-refractivity contribution in [3.8, 4) is 0 Å². The van der Waals surface area contributed by atoms with Crippen LogP contribution >= 0.6 is 0 Å². The molecule has 1 unspecified atom stereocenters. The van der Waals surface area contributed by atoms with E-state index < -0.39 is 0 Å². The number of nitrogens with two attached hydrogens (primary N) is 1. The van der Waals surface area contributed by atoms with Crippen molar-refractivity contribution in [1.82, 2.24) is 5.32 Å². The molecule has 0 aliphatic carbocycles. The van der Waals surface area contributed by atoms with Gasteiger partial charge in [-0.15, -0.1) is 0 Å². The van der Waals surface area contributed by atoms with Crippen LogP contribution in [0.2, 0.25) is 0 Å². The Labute approximate surface area is 41.9 Å². The van der Waals surface area contributed by atoms with Crippen molar-refractivity contribution in [3.63, 3.8) is 0 Å². The van der Waals surface area contributed by atoms with Crippen LogP contribution in [0.5, 0.6) is 0 Å². The molecule has 0 aromatic carbocycles. The molecule has 0 saturated carbocycles. The van der Waals surface area contributed by atoms with Crippen molar-refractivity contribution in [2.45, 2.75) is 12.5 Å². The predicted octanol–water partition coefficient (Wildman–Crippen LogP) is -1.15. The van der Waals surface area contributed by atoms with Crippen molar-refractivity contribution in [1.29, 1.82) is 0 Å². The third-order valence-corrected chi connectivity index (χ3v) is 1.02. The van der Waals surface area contributed by atoms with Gasteiger partial charge in [0.25, 0.3) is 5.91 Å². The lowest BCUT2D eigenvalue weighted by Crippen LogP contribution is -2.26. The molecule has 1 atom stereocenters. The average molecular weight is 99.1 g/mol. The fraction of sp³-hybridized carbons (Fsp3) is 0.750. The number of hydrogen-bond acceptors (Lipinski definition) is 2. The molecule has 0 bridgehead atoms. The Kier molecular flexibility index (Phi) is 0.982. The number of amides is 1. The Bertz CT molecular complexity index is 91.7. The van der Waals surface area contributed by atoms with E-state index in [1.54, 1.807) is 0 Å². The molecule has 1 fully saturated rings. The quantitative estimate of drug-likeness (QED) is 0.417. The number of nitrogens with zero attached hydrogens (tertiary/aromatic N) is 1. The number of hydrogen-bond donors (Lipinski definition) is 1. The fourth-order valence-corrected chi connectivity index (χ4v) is 0.555. The maximum absolute atomic E-state index is 10.3. The van der Waals surface area contributed by atoms with Gasteiger partial charge in [-0.05, 0) is 6.42 Å². The highest BCUT2D eigenvalue weighted by Gasteiger charge is 2.20. The highest BCUT2D eigenvalue weighted by molar-refractivity contribution is 5.83. The van der Waals surface area contributed by atoms with Crippen LogP contribution in [0, 0.1) is 0 Å². The zero-order valence-electron chi connectivity index (χ0n) is 3.92. The van der Waals surface area contributed by atoms with Crippen molar-refractivity contribution in [2.24, 2.45) is 5.73 Å². The molecule has 3 nitrogen and oxygen atoms in total. The zero-order chi connectivity index (χ0) is 5.28. The maximum atomic E-state index is 10.3. The van der Waals surface area contributed by atoms with Crippen molar-refractivity contribution in [3.05, 3.63) is 0 Å². The second kappa shape index (κ2) is 1.50. The first kappa shape index (κ1) is 4.59. The number of rotatable bonds is 0. The van der Waals surface area contributed by atoms with E-state index in [0.717, 1.165) is 6.42 Å². The van der Waals surface area contributed by atoms with Gasteiger partial charge in [0.05, 0.1) is 6.04 Å². The molecule has 0 spiro atoms. The van der Waals surface area contributed by atoms with Gasteiger partial charge in [0.15, 0.2) is 0 Å². The molecular weight excluding hydrogens is 92.1 g/mol. The Morgan fingerprint density at radius 2 is 2.57 bits per heavy atom. The van der Waals surface area contributed by atoms with Gasteiger partial charge < -0.3 is 5.73 Å². The lowest BCUT2D eigenvalue weighted by molar-refractivity contribution is -0.120. The van der Waals surface area contributed by atoms with Gasteiger partial charge >= 0.3 is 0 Å². The summed E-state index contributed by atoms with van der Waals surface area (Å²) in [5.41, 5.74) is 5.23. The third kappa shape index (κ3) is 0.718. The first-order valence-corrected chi connectivity index (χ1v) is 2.27. The summed E-state index contributed by atoms with van der Waals surface area (Å²) in [5.74, 6) is -0.139. The van der Waals surface area contributed by atoms with E-state index in [1.807, 2.05) is 0 Å². The highest BCUT2D eigenvalue weighted by atomic mass is 16.2. The van der Waals surface area contributed by atoms with Gasteiger partial charge in [0, 0.05) is 6.54 Å². The van der Waals surface area contributed by atoms with Gasteiger partial charge in [-0.3, -0.25) is 10.1 Å². The summed E-state index contributed by atoms with van der Waals surface area (Å²) in [5, 5.41) is 3.55. The lowest BCUT2D eigenvalue weighted by Gasteiger charge is -1.89. The molecule has 1 amide bonds. The molecule has 3 heteroatoms. The first-order chi connectivity index (χ1) is 3.30. The minimum atomic E-state index is -0.292. The Morgan fingerprint density at radius 3 is 2.71 bits per heavy atom. The molecule has 0 aromatic heterocycles. The number of carbonyl (C=O) groups excluding carboxylic acids is 1. The maximum Gasteiger partial charge on any atom is 0.258 e. The summed E-state index contributed by atoms with van der Waals surface area (Å²) in [6, 6.07) is -0.292. The van der Waals surface area contributed by atoms with E-state index in [1.165, 1.54) is 0 Å². The van der Waals surface area contributed by atoms with Crippen molar-refractivity contribution >= 4 is 5.91 Å². The molecule has 1 aliphatic rings. The van der Waals surface area contributed by atoms with Crippen LogP contribution in [0.3, 0.4) is 0 Å². The van der Waals surface area contributed by atoms with E-state index >= 15 is 0 Å². The molecule has 1 saturated heterocycles.